The number of amides is 1. The third-order valence-electron chi connectivity index (χ3n) is 6.05. The minimum absolute atomic E-state index is 0.115. The molecular weight excluding hydrogens is 430 g/mol. The maximum absolute atomic E-state index is 12.4. The summed E-state index contributed by atoms with van der Waals surface area (Å²) in [4.78, 5) is 39.0. The van der Waals surface area contributed by atoms with Gasteiger partial charge in [-0.05, 0) is 40.7 Å². The van der Waals surface area contributed by atoms with Gasteiger partial charge in [-0.15, -0.1) is 0 Å². The van der Waals surface area contributed by atoms with Crippen LogP contribution in [0.2, 0.25) is 0 Å². The fraction of sp³-hybridized carbons (Fsp3) is 0.636. The van der Waals surface area contributed by atoms with Gasteiger partial charge in [0.1, 0.15) is 18.3 Å². The highest BCUT2D eigenvalue weighted by Crippen LogP contribution is 2.39. The first-order chi connectivity index (χ1) is 15.5. The van der Waals surface area contributed by atoms with Crippen LogP contribution in [-0.4, -0.2) is 62.5 Å². The average molecular weight is 462 g/mol. The van der Waals surface area contributed by atoms with E-state index in [0.717, 1.165) is 11.4 Å². The van der Waals surface area contributed by atoms with Crippen LogP contribution in [0.25, 0.3) is 0 Å². The number of hydrogen-bond donors (Lipinski definition) is 2. The van der Waals surface area contributed by atoms with E-state index in [1.165, 1.54) is 10.8 Å². The van der Waals surface area contributed by atoms with Crippen molar-refractivity contribution in [3.05, 3.63) is 50.1 Å². The maximum Gasteiger partial charge on any atom is 0.328 e. The van der Waals surface area contributed by atoms with E-state index in [0.29, 0.717) is 18.5 Å². The van der Waals surface area contributed by atoms with Crippen molar-refractivity contribution < 1.29 is 19.0 Å². The van der Waals surface area contributed by atoms with Crippen LogP contribution < -0.4 is 16.6 Å². The number of aromatic nitrogens is 4. The van der Waals surface area contributed by atoms with Crippen LogP contribution in [0.1, 0.15) is 43.3 Å². The molecule has 2 saturated heterocycles. The predicted octanol–water partition coefficient (Wildman–Crippen LogP) is 0.325. The summed E-state index contributed by atoms with van der Waals surface area (Å²) in [5, 5.41) is 7.29. The summed E-state index contributed by atoms with van der Waals surface area (Å²) in [7, 11) is 0. The molecule has 0 radical (unpaired) electrons. The average Bonchev–Trinajstić information content (AvgIpc) is 3.24. The van der Waals surface area contributed by atoms with Crippen LogP contribution in [0, 0.1) is 20.8 Å². The van der Waals surface area contributed by atoms with Crippen molar-refractivity contribution >= 4 is 5.91 Å². The van der Waals surface area contributed by atoms with Crippen molar-refractivity contribution in [2.24, 2.45) is 0 Å². The topological polar surface area (TPSA) is 129 Å². The summed E-state index contributed by atoms with van der Waals surface area (Å²) in [5.41, 5.74) is 1.40. The third kappa shape index (κ3) is 4.94. The molecule has 0 unspecified atom stereocenters. The minimum atomic E-state index is -0.875. The van der Waals surface area contributed by atoms with Crippen molar-refractivity contribution in [1.82, 2.24) is 24.6 Å². The van der Waals surface area contributed by atoms with Gasteiger partial charge in [-0.3, -0.25) is 23.8 Å². The van der Waals surface area contributed by atoms with Gasteiger partial charge < -0.3 is 19.5 Å². The second-order valence-corrected chi connectivity index (χ2v) is 9.19. The minimum Gasteiger partial charge on any atom is -0.371 e. The van der Waals surface area contributed by atoms with Crippen molar-refractivity contribution in [2.75, 3.05) is 13.2 Å². The lowest BCUT2D eigenvalue weighted by Crippen LogP contribution is -2.54. The van der Waals surface area contributed by atoms with Crippen LogP contribution in [0.4, 0.5) is 0 Å². The van der Waals surface area contributed by atoms with Crippen molar-refractivity contribution in [3.8, 4) is 0 Å². The van der Waals surface area contributed by atoms with Crippen molar-refractivity contribution in [3.63, 3.8) is 0 Å². The zero-order chi connectivity index (χ0) is 23.9. The molecular formula is C22H31N5O6. The Kier molecular flexibility index (Phi) is 6.30. The number of aryl methyl sites for hydroxylation is 4. The van der Waals surface area contributed by atoms with Gasteiger partial charge in [-0.2, -0.15) is 5.10 Å². The van der Waals surface area contributed by atoms with Gasteiger partial charge in [0, 0.05) is 37.0 Å². The Morgan fingerprint density at radius 2 is 1.97 bits per heavy atom. The molecule has 4 atom stereocenters. The van der Waals surface area contributed by atoms with E-state index >= 15 is 0 Å². The number of nitrogens with zero attached hydrogens (tertiary/aromatic N) is 3. The zero-order valence-electron chi connectivity index (χ0n) is 19.6. The molecule has 0 saturated carbocycles. The predicted molar refractivity (Wildman–Crippen MR) is 118 cm³/mol. The molecule has 0 aliphatic carbocycles. The number of carbonyl (C=O) groups excluding carboxylic acids is 1. The van der Waals surface area contributed by atoms with Crippen LogP contribution in [0.5, 0.6) is 0 Å². The lowest BCUT2D eigenvalue weighted by molar-refractivity contribution is -0.153. The van der Waals surface area contributed by atoms with Gasteiger partial charge in [0.15, 0.2) is 5.79 Å². The van der Waals surface area contributed by atoms with E-state index in [1.807, 2.05) is 24.6 Å². The number of carbonyl (C=O) groups is 1. The molecule has 2 fully saturated rings. The number of ether oxygens (including phenoxy) is 3. The third-order valence-corrected chi connectivity index (χ3v) is 6.05. The van der Waals surface area contributed by atoms with E-state index in [1.54, 1.807) is 20.8 Å². The highest BCUT2D eigenvalue weighted by molar-refractivity contribution is 5.75. The van der Waals surface area contributed by atoms with Gasteiger partial charge >= 0.3 is 5.69 Å². The van der Waals surface area contributed by atoms with Crippen LogP contribution in [-0.2, 0) is 25.5 Å². The molecule has 11 heteroatoms. The Balaban J connectivity index is 1.42. The molecule has 1 amide bonds. The quantitative estimate of drug-likeness (QED) is 0.634. The summed E-state index contributed by atoms with van der Waals surface area (Å²) in [6.07, 6.45) is 0.398. The molecule has 2 aromatic heterocycles. The fourth-order valence-electron chi connectivity index (χ4n) is 4.47. The van der Waals surface area contributed by atoms with Crippen LogP contribution in [0.3, 0.4) is 0 Å². The van der Waals surface area contributed by atoms with Gasteiger partial charge in [-0.1, -0.05) is 0 Å². The first kappa shape index (κ1) is 23.4. The van der Waals surface area contributed by atoms with Gasteiger partial charge in [0.25, 0.3) is 5.56 Å². The number of fused-ring (bicyclic) bond motifs is 1. The van der Waals surface area contributed by atoms with Gasteiger partial charge in [0.05, 0.1) is 18.3 Å². The van der Waals surface area contributed by atoms with Gasteiger partial charge in [-0.25, -0.2) is 4.79 Å². The summed E-state index contributed by atoms with van der Waals surface area (Å²) >= 11 is 0. The van der Waals surface area contributed by atoms with Crippen LogP contribution in [0.15, 0.2) is 21.9 Å². The summed E-state index contributed by atoms with van der Waals surface area (Å²) < 4.78 is 21.5. The van der Waals surface area contributed by atoms with E-state index in [-0.39, 0.29) is 19.1 Å². The fourth-order valence-corrected chi connectivity index (χ4v) is 4.47. The smallest absolute Gasteiger partial charge is 0.328 e. The molecule has 2 aromatic rings. The maximum atomic E-state index is 12.4. The molecule has 11 nitrogen and oxygen atoms in total. The molecule has 2 aliphatic rings. The van der Waals surface area contributed by atoms with Crippen molar-refractivity contribution in [2.45, 2.75) is 77.7 Å². The zero-order valence-corrected chi connectivity index (χ0v) is 19.6. The number of nitrogens with one attached hydrogen (secondary N) is 2. The molecule has 2 aliphatic heterocycles. The van der Waals surface area contributed by atoms with E-state index < -0.39 is 41.4 Å². The van der Waals surface area contributed by atoms with Crippen LogP contribution >= 0.6 is 0 Å². The molecule has 2 N–H and O–H groups in total. The first-order valence-electron chi connectivity index (χ1n) is 11.1. The number of hydrogen-bond acceptors (Lipinski definition) is 7. The molecule has 33 heavy (non-hydrogen) atoms. The summed E-state index contributed by atoms with van der Waals surface area (Å²) in [6, 6.07) is 1.50. The second-order valence-electron chi connectivity index (χ2n) is 9.19. The molecule has 0 aromatic carbocycles. The first-order valence-corrected chi connectivity index (χ1v) is 11.1. The number of rotatable bonds is 6. The molecule has 0 spiro atoms. The Labute approximate surface area is 191 Å². The highest BCUT2D eigenvalue weighted by Gasteiger charge is 2.52. The normalized spacial score (nSPS) is 26.2. The molecule has 4 heterocycles. The Morgan fingerprint density at radius 1 is 1.24 bits per heavy atom. The monoisotopic (exact) mass is 461 g/mol. The highest BCUT2D eigenvalue weighted by atomic mass is 16.8. The largest absolute Gasteiger partial charge is 0.371 e. The van der Waals surface area contributed by atoms with E-state index in [2.05, 4.69) is 15.4 Å². The summed E-state index contributed by atoms with van der Waals surface area (Å²) in [5.74, 6) is -0.990. The molecule has 4 rings (SSSR count). The lowest BCUT2D eigenvalue weighted by Gasteiger charge is -2.37. The number of H-pyrrole nitrogens is 1. The lowest BCUT2D eigenvalue weighted by atomic mass is 9.97. The standard InChI is InChI=1S/C22H31N5O6/c1-12-10-26(21(30)24-20(12)29)15-11-31-16(19-18(15)32-22(4,5)33-19)9-23-17(28)6-7-27-14(3)8-13(2)25-27/h8,10,15-16,18-19H,6-7,9,11H2,1-5H3,(H,23,28)(H,24,29,30)/t15-,16-,18+,19-/m1/s1. The van der Waals surface area contributed by atoms with E-state index in [4.69, 9.17) is 14.2 Å². The SMILES string of the molecule is Cc1cc(C)n(CCC(=O)NC[C@H]2OC[C@@H](n3cc(C)c(=O)[nH]c3=O)[C@@H]3OC(C)(C)O[C@@H]32)n1. The van der Waals surface area contributed by atoms with Crippen molar-refractivity contribution in [1.29, 1.82) is 0 Å². The number of aromatic amines is 1. The molecule has 180 valence electrons. The molecule has 0 bridgehead atoms. The Hall–Kier alpha value is -2.76. The van der Waals surface area contributed by atoms with Gasteiger partial charge in [0.2, 0.25) is 5.91 Å². The Morgan fingerprint density at radius 3 is 2.67 bits per heavy atom. The Bertz CT molecular complexity index is 1150. The van der Waals surface area contributed by atoms with E-state index in [9.17, 15) is 14.4 Å². The second kappa shape index (κ2) is 8.88. The summed E-state index contributed by atoms with van der Waals surface area (Å²) in [6.45, 7) is 10.0.